The van der Waals surface area contributed by atoms with Crippen molar-refractivity contribution in [2.75, 3.05) is 0 Å². The molecular weight excluding hydrogens is 666 g/mol. The molecule has 6 rings (SSSR count). The first-order valence-corrected chi connectivity index (χ1v) is 19.5. The Balaban J connectivity index is 1.72. The first-order valence-electron chi connectivity index (χ1n) is 15.4. The molecule has 2 atom stereocenters. The molecule has 1 aromatic heterocycles. The first-order chi connectivity index (χ1) is 22.9. The Kier molecular flexibility index (Phi) is 9.88. The molecule has 1 N–H and O–H groups in total. The van der Waals surface area contributed by atoms with Crippen LogP contribution in [0.15, 0.2) is 138 Å². The van der Waals surface area contributed by atoms with Crippen LogP contribution < -0.4 is 15.3 Å². The normalized spacial score (nSPS) is 13.6. The molecule has 10 heteroatoms. The predicted octanol–water partition coefficient (Wildman–Crippen LogP) is 7.93. The Bertz CT molecular complexity index is 2080. The number of aromatic nitrogens is 1. The van der Waals surface area contributed by atoms with Crippen LogP contribution in [0.4, 0.5) is 8.78 Å². The fourth-order valence-electron chi connectivity index (χ4n) is 5.75. The average molecular weight is 701 g/mol. The van der Waals surface area contributed by atoms with Crippen molar-refractivity contribution in [1.82, 2.24) is 8.69 Å². The fourth-order valence-corrected chi connectivity index (χ4v) is 10.6. The standard InChI is InChI=1S/C38H35F2N2O3PS2/c1-38(2,3)47(43)41-37(27-23-28(39)25-29(40)24-27)36-33-21-13-14-22-34(33)42(48(44,45)32-19-11-6-12-20-32)35(36)26-46(30-15-7-4-8-16-30)31-17-9-5-10-18-31/h4-25,37,41H,26H2,1-3H3. The van der Waals surface area contributed by atoms with E-state index in [1.807, 2.05) is 66.7 Å². The second kappa shape index (κ2) is 13.9. The highest BCUT2D eigenvalue weighted by Crippen LogP contribution is 2.45. The van der Waals surface area contributed by atoms with Gasteiger partial charge in [0, 0.05) is 40.2 Å². The highest BCUT2D eigenvalue weighted by Gasteiger charge is 2.37. The van der Waals surface area contributed by atoms with Crippen LogP contribution in [-0.2, 0) is 27.5 Å². The van der Waals surface area contributed by atoms with Crippen molar-refractivity contribution in [2.24, 2.45) is 0 Å². The molecule has 0 spiro atoms. The zero-order valence-corrected chi connectivity index (χ0v) is 29.2. The lowest BCUT2D eigenvalue weighted by atomic mass is 9.96. The summed E-state index contributed by atoms with van der Waals surface area (Å²) in [7, 11) is -5.40. The monoisotopic (exact) mass is 700 g/mol. The summed E-state index contributed by atoms with van der Waals surface area (Å²) in [5.41, 5.74) is 1.53. The molecule has 0 saturated carbocycles. The first kappa shape index (κ1) is 34.0. The molecule has 0 amide bonds. The molecule has 246 valence electrons. The third kappa shape index (κ3) is 6.98. The lowest BCUT2D eigenvalue weighted by molar-refractivity contribution is 0.532. The topological polar surface area (TPSA) is 74.2 Å². The third-order valence-electron chi connectivity index (χ3n) is 7.98. The van der Waals surface area contributed by atoms with E-state index in [1.54, 1.807) is 69.3 Å². The van der Waals surface area contributed by atoms with E-state index in [-0.39, 0.29) is 16.6 Å². The largest absolute Gasteiger partial charge is 0.598 e. The number of rotatable bonds is 10. The maximum atomic E-state index is 14.9. The van der Waals surface area contributed by atoms with Crippen molar-refractivity contribution in [2.45, 2.75) is 42.6 Å². The summed E-state index contributed by atoms with van der Waals surface area (Å²) in [6, 6.07) is 37.3. The van der Waals surface area contributed by atoms with Gasteiger partial charge in [0.25, 0.3) is 10.0 Å². The SMILES string of the molecule is CC(C)(C)[S+]([O-])NC(c1cc(F)cc(F)c1)c1c(CP(c2ccccc2)c2ccccc2)n(S(=O)(=O)c2ccccc2)c2ccccc12. The number of hydrogen-bond donors (Lipinski definition) is 1. The zero-order valence-electron chi connectivity index (χ0n) is 26.7. The number of fused-ring (bicyclic) bond motifs is 1. The molecule has 0 radical (unpaired) electrons. The highest BCUT2D eigenvalue weighted by atomic mass is 32.2. The summed E-state index contributed by atoms with van der Waals surface area (Å²) in [5.74, 6) is -1.59. The van der Waals surface area contributed by atoms with Crippen molar-refractivity contribution in [1.29, 1.82) is 0 Å². The van der Waals surface area contributed by atoms with Crippen molar-refractivity contribution in [3.8, 4) is 0 Å². The zero-order chi connectivity index (χ0) is 34.1. The van der Waals surface area contributed by atoms with E-state index in [0.717, 1.165) is 16.7 Å². The second-order valence-corrected chi connectivity index (χ2v) is 18.3. The maximum absolute atomic E-state index is 14.9. The Morgan fingerprint density at radius 3 is 1.81 bits per heavy atom. The molecule has 5 aromatic carbocycles. The molecule has 0 aliphatic rings. The Morgan fingerprint density at radius 1 is 0.771 bits per heavy atom. The summed E-state index contributed by atoms with van der Waals surface area (Å²) in [6.07, 6.45) is 0.261. The van der Waals surface area contributed by atoms with Gasteiger partial charge in [0.05, 0.1) is 10.4 Å². The summed E-state index contributed by atoms with van der Waals surface area (Å²) in [5, 5.41) is 2.62. The van der Waals surface area contributed by atoms with Crippen molar-refractivity contribution in [3.05, 3.63) is 162 Å². The van der Waals surface area contributed by atoms with Gasteiger partial charge in [-0.05, 0) is 75.2 Å². The Labute approximate surface area is 284 Å². The lowest BCUT2D eigenvalue weighted by Gasteiger charge is -2.29. The summed E-state index contributed by atoms with van der Waals surface area (Å²) in [4.78, 5) is 0.0990. The van der Waals surface area contributed by atoms with Crippen molar-refractivity contribution >= 4 is 50.8 Å². The van der Waals surface area contributed by atoms with E-state index in [0.29, 0.717) is 22.2 Å². The van der Waals surface area contributed by atoms with Gasteiger partial charge in [-0.25, -0.2) is 21.2 Å². The predicted molar refractivity (Wildman–Crippen MR) is 193 cm³/mol. The van der Waals surface area contributed by atoms with Crippen LogP contribution in [0.3, 0.4) is 0 Å². The number of para-hydroxylation sites is 1. The van der Waals surface area contributed by atoms with E-state index in [4.69, 9.17) is 0 Å². The fraction of sp³-hybridized carbons (Fsp3) is 0.158. The molecule has 0 fully saturated rings. The molecule has 1 heterocycles. The van der Waals surface area contributed by atoms with Gasteiger partial charge in [0.15, 0.2) is 0 Å². The van der Waals surface area contributed by atoms with Crippen LogP contribution >= 0.6 is 7.92 Å². The van der Waals surface area contributed by atoms with Gasteiger partial charge in [0.2, 0.25) is 0 Å². The molecule has 5 nitrogen and oxygen atoms in total. The molecule has 0 saturated heterocycles. The smallest absolute Gasteiger partial charge is 0.268 e. The minimum Gasteiger partial charge on any atom is -0.598 e. The Morgan fingerprint density at radius 2 is 1.27 bits per heavy atom. The van der Waals surface area contributed by atoms with Gasteiger partial charge in [-0.1, -0.05) is 97.1 Å². The van der Waals surface area contributed by atoms with Gasteiger partial charge < -0.3 is 4.55 Å². The van der Waals surface area contributed by atoms with Crippen LogP contribution in [0, 0.1) is 11.6 Å². The van der Waals surface area contributed by atoms with Gasteiger partial charge in [-0.2, -0.15) is 0 Å². The molecule has 0 bridgehead atoms. The van der Waals surface area contributed by atoms with Crippen LogP contribution in [0.1, 0.15) is 43.6 Å². The quantitative estimate of drug-likeness (QED) is 0.116. The van der Waals surface area contributed by atoms with Crippen LogP contribution in [-0.4, -0.2) is 21.7 Å². The van der Waals surface area contributed by atoms with E-state index in [9.17, 15) is 21.8 Å². The average Bonchev–Trinajstić information content (AvgIpc) is 3.40. The molecule has 2 unspecified atom stereocenters. The summed E-state index contributed by atoms with van der Waals surface area (Å²) < 4.78 is 77.0. The van der Waals surface area contributed by atoms with E-state index >= 15 is 0 Å². The number of halogens is 2. The summed E-state index contributed by atoms with van der Waals surface area (Å²) in [6.45, 7) is 5.40. The van der Waals surface area contributed by atoms with Crippen LogP contribution in [0.2, 0.25) is 0 Å². The minimum atomic E-state index is -4.20. The van der Waals surface area contributed by atoms with Crippen molar-refractivity contribution < 1.29 is 21.8 Å². The minimum absolute atomic E-state index is 0.0990. The number of hydrogen-bond acceptors (Lipinski definition) is 4. The Hall–Kier alpha value is -3.85. The highest BCUT2D eigenvalue weighted by molar-refractivity contribution is 7.91. The van der Waals surface area contributed by atoms with E-state index in [1.165, 1.54) is 16.1 Å². The van der Waals surface area contributed by atoms with Gasteiger partial charge >= 0.3 is 0 Å². The molecule has 48 heavy (non-hydrogen) atoms. The van der Waals surface area contributed by atoms with Gasteiger partial charge in [0.1, 0.15) is 22.4 Å². The van der Waals surface area contributed by atoms with Crippen molar-refractivity contribution in [3.63, 3.8) is 0 Å². The van der Waals surface area contributed by atoms with E-state index < -0.39 is 51.7 Å². The lowest BCUT2D eigenvalue weighted by Crippen LogP contribution is -2.42. The molecular formula is C38H35F2N2O3PS2. The molecule has 0 aliphatic heterocycles. The second-order valence-electron chi connectivity index (χ2n) is 12.4. The number of nitrogens with one attached hydrogen (secondary N) is 1. The van der Waals surface area contributed by atoms with E-state index in [2.05, 4.69) is 4.72 Å². The molecule has 6 aromatic rings. The maximum Gasteiger partial charge on any atom is 0.268 e. The van der Waals surface area contributed by atoms with Gasteiger partial charge in [-0.3, -0.25) is 0 Å². The summed E-state index contributed by atoms with van der Waals surface area (Å²) >= 11 is -1.71. The number of nitrogens with zero attached hydrogens (tertiary/aromatic N) is 1. The third-order valence-corrected chi connectivity index (χ3v) is 13.8. The van der Waals surface area contributed by atoms with Crippen LogP contribution in [0.5, 0.6) is 0 Å². The number of benzene rings is 5. The van der Waals surface area contributed by atoms with Crippen LogP contribution in [0.25, 0.3) is 10.9 Å². The van der Waals surface area contributed by atoms with Gasteiger partial charge in [-0.15, -0.1) is 4.72 Å². The molecule has 0 aliphatic carbocycles.